The number of hydrogen-bond donors (Lipinski definition) is 1. The largest absolute Gasteiger partial charge is 0.347 e. The van der Waals surface area contributed by atoms with Crippen molar-refractivity contribution < 1.29 is 4.79 Å². The molecule has 2 aromatic heterocycles. The van der Waals surface area contributed by atoms with E-state index in [0.29, 0.717) is 11.4 Å². The lowest BCUT2D eigenvalue weighted by Gasteiger charge is -2.13. The summed E-state index contributed by atoms with van der Waals surface area (Å²) in [5.74, 6) is -0.113. The van der Waals surface area contributed by atoms with Crippen molar-refractivity contribution in [1.29, 1.82) is 0 Å². The van der Waals surface area contributed by atoms with Crippen molar-refractivity contribution in [2.24, 2.45) is 0 Å². The van der Waals surface area contributed by atoms with Crippen LogP contribution in [0.15, 0.2) is 72.9 Å². The first-order chi connectivity index (χ1) is 15.5. The zero-order valence-corrected chi connectivity index (χ0v) is 19.3. The van der Waals surface area contributed by atoms with E-state index in [2.05, 4.69) is 70.7 Å². The number of carbonyl (C=O) groups is 1. The molecule has 0 unspecified atom stereocenters. The molecule has 4 aromatic rings. The fourth-order valence-corrected chi connectivity index (χ4v) is 4.53. The van der Waals surface area contributed by atoms with Gasteiger partial charge in [-0.1, -0.05) is 54.6 Å². The Hall–Kier alpha value is -3.35. The molecule has 0 saturated heterocycles. The number of nitrogens with one attached hydrogen (secondary N) is 1. The number of carbonyl (C=O) groups excluding carboxylic acids is 1. The van der Waals surface area contributed by atoms with Crippen LogP contribution in [0.25, 0.3) is 21.8 Å². The van der Waals surface area contributed by atoms with Gasteiger partial charge in [0.1, 0.15) is 9.88 Å². The van der Waals surface area contributed by atoms with Crippen molar-refractivity contribution in [2.75, 3.05) is 14.1 Å². The number of nitrogens with zero attached hydrogens (tertiary/aromatic N) is 3. The molecule has 162 valence electrons. The molecule has 0 aliphatic rings. The van der Waals surface area contributed by atoms with Gasteiger partial charge in [-0.3, -0.25) is 9.78 Å². The summed E-state index contributed by atoms with van der Waals surface area (Å²) in [5, 5.41) is 3.83. The van der Waals surface area contributed by atoms with Crippen LogP contribution in [0.4, 0.5) is 0 Å². The third-order valence-electron chi connectivity index (χ3n) is 5.11. The Labute approximate surface area is 192 Å². The van der Waals surface area contributed by atoms with Gasteiger partial charge in [0.2, 0.25) is 0 Å². The molecule has 2 aromatic carbocycles. The van der Waals surface area contributed by atoms with Crippen molar-refractivity contribution in [3.05, 3.63) is 94.6 Å². The third-order valence-corrected chi connectivity index (χ3v) is 6.29. The van der Waals surface area contributed by atoms with Gasteiger partial charge in [0.25, 0.3) is 5.91 Å². The lowest BCUT2D eigenvalue weighted by molar-refractivity contribution is 0.0954. The highest BCUT2D eigenvalue weighted by Crippen LogP contribution is 2.27. The molecule has 0 bridgehead atoms. The van der Waals surface area contributed by atoms with Gasteiger partial charge in [0.05, 0.1) is 11.4 Å². The second kappa shape index (κ2) is 9.85. The van der Waals surface area contributed by atoms with Crippen LogP contribution in [0, 0.1) is 6.92 Å². The Morgan fingerprint density at radius 2 is 1.75 bits per heavy atom. The summed E-state index contributed by atoms with van der Waals surface area (Å²) in [7, 11) is 4.13. The highest BCUT2D eigenvalue weighted by atomic mass is 32.1. The van der Waals surface area contributed by atoms with Gasteiger partial charge in [-0.2, -0.15) is 0 Å². The molecule has 6 heteroatoms. The molecule has 0 aliphatic carbocycles. The second-order valence-corrected chi connectivity index (χ2v) is 8.92. The molecule has 1 amide bonds. The molecule has 0 saturated carbocycles. The minimum atomic E-state index is -0.113. The Kier molecular flexibility index (Phi) is 6.73. The molecular weight excluding hydrogens is 416 g/mol. The number of amides is 1. The van der Waals surface area contributed by atoms with Crippen LogP contribution in [-0.4, -0.2) is 34.9 Å². The van der Waals surface area contributed by atoms with Crippen LogP contribution < -0.4 is 5.32 Å². The number of pyridine rings is 1. The highest BCUT2D eigenvalue weighted by Gasteiger charge is 2.17. The maximum absolute atomic E-state index is 12.9. The molecule has 5 nitrogen and oxygen atoms in total. The maximum Gasteiger partial charge on any atom is 0.263 e. The van der Waals surface area contributed by atoms with Crippen LogP contribution >= 0.6 is 11.3 Å². The summed E-state index contributed by atoms with van der Waals surface area (Å²) < 4.78 is 0. The minimum absolute atomic E-state index is 0.113. The summed E-state index contributed by atoms with van der Waals surface area (Å²) in [5.41, 5.74) is 6.12. The summed E-state index contributed by atoms with van der Waals surface area (Å²) in [6, 6.07) is 22.5. The number of benzene rings is 2. The number of hydrogen-bond acceptors (Lipinski definition) is 5. The van der Waals surface area contributed by atoms with Gasteiger partial charge < -0.3 is 10.2 Å². The molecule has 0 aliphatic heterocycles. The maximum atomic E-state index is 12.9. The van der Waals surface area contributed by atoms with Gasteiger partial charge in [0.15, 0.2) is 0 Å². The molecule has 0 fully saturated rings. The Morgan fingerprint density at radius 1 is 1.00 bits per heavy atom. The van der Waals surface area contributed by atoms with Crippen molar-refractivity contribution in [1.82, 2.24) is 20.2 Å². The fraction of sp³-hybridized carbons (Fsp3) is 0.192. The molecule has 32 heavy (non-hydrogen) atoms. The first-order valence-corrected chi connectivity index (χ1v) is 11.3. The van der Waals surface area contributed by atoms with Crippen molar-refractivity contribution in [3.8, 4) is 21.8 Å². The lowest BCUT2D eigenvalue weighted by atomic mass is 9.98. The summed E-state index contributed by atoms with van der Waals surface area (Å²) in [6.07, 6.45) is 1.73. The summed E-state index contributed by atoms with van der Waals surface area (Å²) in [4.78, 5) is 24.6. The van der Waals surface area contributed by atoms with Gasteiger partial charge in [-0.15, -0.1) is 11.3 Å². The van der Waals surface area contributed by atoms with Gasteiger partial charge in [-0.25, -0.2) is 4.98 Å². The van der Waals surface area contributed by atoms with E-state index in [0.717, 1.165) is 39.6 Å². The first kappa shape index (κ1) is 21.9. The van der Waals surface area contributed by atoms with Crippen LogP contribution in [-0.2, 0) is 13.1 Å². The fourth-order valence-electron chi connectivity index (χ4n) is 3.57. The van der Waals surface area contributed by atoms with Crippen molar-refractivity contribution in [3.63, 3.8) is 0 Å². The predicted molar refractivity (Wildman–Crippen MR) is 131 cm³/mol. The predicted octanol–water partition coefficient (Wildman–Crippen LogP) is 5.17. The van der Waals surface area contributed by atoms with Gasteiger partial charge in [-0.05, 0) is 55.4 Å². The highest BCUT2D eigenvalue weighted by molar-refractivity contribution is 7.17. The molecular formula is C26H26N4OS. The Morgan fingerprint density at radius 3 is 2.47 bits per heavy atom. The minimum Gasteiger partial charge on any atom is -0.347 e. The third kappa shape index (κ3) is 5.10. The number of aromatic nitrogens is 2. The quantitative estimate of drug-likeness (QED) is 0.429. The molecule has 0 radical (unpaired) electrons. The smallest absolute Gasteiger partial charge is 0.263 e. The van der Waals surface area contributed by atoms with E-state index in [1.165, 1.54) is 16.9 Å². The first-order valence-electron chi connectivity index (χ1n) is 10.5. The van der Waals surface area contributed by atoms with E-state index in [1.807, 2.05) is 37.3 Å². The van der Waals surface area contributed by atoms with E-state index < -0.39 is 0 Å². The average molecular weight is 443 g/mol. The molecule has 4 rings (SSSR count). The zero-order valence-electron chi connectivity index (χ0n) is 18.5. The van der Waals surface area contributed by atoms with Crippen LogP contribution in [0.3, 0.4) is 0 Å². The average Bonchev–Trinajstić information content (AvgIpc) is 3.20. The lowest BCUT2D eigenvalue weighted by Crippen LogP contribution is -2.22. The van der Waals surface area contributed by atoms with Gasteiger partial charge in [0, 0.05) is 19.3 Å². The zero-order chi connectivity index (χ0) is 22.5. The molecule has 0 spiro atoms. The number of aryl methyl sites for hydroxylation is 1. The second-order valence-electron chi connectivity index (χ2n) is 7.92. The van der Waals surface area contributed by atoms with Crippen LogP contribution in [0.2, 0.25) is 0 Å². The summed E-state index contributed by atoms with van der Waals surface area (Å²) >= 11 is 1.37. The standard InChI is InChI=1S/C26H26N4OS/c1-18-24(32-26(29-18)23-10-6-7-15-27-23)25(31)28-16-21-8-4-5-9-22(21)20-13-11-19(12-14-20)17-30(2)3/h4-15H,16-17H2,1-3H3,(H,28,31). The molecule has 0 atom stereocenters. The van der Waals surface area contributed by atoms with E-state index in [4.69, 9.17) is 0 Å². The number of rotatable bonds is 7. The van der Waals surface area contributed by atoms with Crippen molar-refractivity contribution in [2.45, 2.75) is 20.0 Å². The monoisotopic (exact) mass is 442 g/mol. The van der Waals surface area contributed by atoms with Crippen molar-refractivity contribution >= 4 is 17.2 Å². The SMILES string of the molecule is Cc1nc(-c2ccccn2)sc1C(=O)NCc1ccccc1-c1ccc(CN(C)C)cc1. The topological polar surface area (TPSA) is 58.1 Å². The van der Waals surface area contributed by atoms with E-state index in [9.17, 15) is 4.79 Å². The normalized spacial score (nSPS) is 11.0. The molecule has 1 N–H and O–H groups in total. The Bertz CT molecular complexity index is 1200. The van der Waals surface area contributed by atoms with Gasteiger partial charge >= 0.3 is 0 Å². The Balaban J connectivity index is 1.49. The molecule has 2 heterocycles. The van der Waals surface area contributed by atoms with E-state index >= 15 is 0 Å². The van der Waals surface area contributed by atoms with E-state index in [1.54, 1.807) is 6.20 Å². The van der Waals surface area contributed by atoms with E-state index in [-0.39, 0.29) is 5.91 Å². The van der Waals surface area contributed by atoms with Crippen LogP contribution in [0.1, 0.15) is 26.5 Å². The summed E-state index contributed by atoms with van der Waals surface area (Å²) in [6.45, 7) is 3.22. The number of thiazole rings is 1. The van der Waals surface area contributed by atoms with Crippen LogP contribution in [0.5, 0.6) is 0 Å².